The number of benzene rings is 2. The van der Waals surface area contributed by atoms with Crippen LogP contribution < -0.4 is 10.2 Å². The summed E-state index contributed by atoms with van der Waals surface area (Å²) in [5, 5.41) is 12.8. The number of anilines is 2. The van der Waals surface area contributed by atoms with Crippen molar-refractivity contribution in [1.29, 1.82) is 0 Å². The maximum absolute atomic E-state index is 13.6. The molecule has 0 unspecified atom stereocenters. The van der Waals surface area contributed by atoms with Crippen LogP contribution in [0.5, 0.6) is 0 Å². The number of para-hydroxylation sites is 1. The zero-order chi connectivity index (χ0) is 33.3. The molecule has 11 heteroatoms. The maximum atomic E-state index is 13.6. The zero-order valence-corrected chi connectivity index (χ0v) is 28.6. The summed E-state index contributed by atoms with van der Waals surface area (Å²) in [6.45, 7) is 4.11. The zero-order valence-electron chi connectivity index (χ0n) is 27.8. The third kappa shape index (κ3) is 5.39. The predicted molar refractivity (Wildman–Crippen MR) is 189 cm³/mol. The van der Waals surface area contributed by atoms with Crippen LogP contribution in [0.1, 0.15) is 76.2 Å². The Morgan fingerprint density at radius 2 is 1.76 bits per heavy atom. The van der Waals surface area contributed by atoms with Gasteiger partial charge in [-0.2, -0.15) is 0 Å². The predicted octanol–water partition coefficient (Wildman–Crippen LogP) is 7.08. The molecular formula is C38H39N7O3S. The van der Waals surface area contributed by atoms with E-state index in [0.29, 0.717) is 46.3 Å². The summed E-state index contributed by atoms with van der Waals surface area (Å²) in [6.07, 6.45) is 8.84. The van der Waals surface area contributed by atoms with E-state index in [9.17, 15) is 9.59 Å². The summed E-state index contributed by atoms with van der Waals surface area (Å²) in [7, 11) is 1.38. The van der Waals surface area contributed by atoms with Crippen LogP contribution in [-0.2, 0) is 24.2 Å². The van der Waals surface area contributed by atoms with Crippen LogP contribution in [0.15, 0.2) is 54.6 Å². The fraction of sp³-hybridized carbons (Fsp3) is 0.421. The molecule has 0 atom stereocenters. The highest BCUT2D eigenvalue weighted by Crippen LogP contribution is 2.60. The smallest absolute Gasteiger partial charge is 0.357 e. The molecule has 5 aromatic rings. The van der Waals surface area contributed by atoms with Crippen molar-refractivity contribution < 1.29 is 14.3 Å². The van der Waals surface area contributed by atoms with Crippen LogP contribution in [0.4, 0.5) is 10.9 Å². The van der Waals surface area contributed by atoms with Gasteiger partial charge in [-0.3, -0.25) is 10.1 Å². The number of aromatic nitrogens is 5. The van der Waals surface area contributed by atoms with E-state index in [1.807, 2.05) is 55.5 Å². The first-order valence-corrected chi connectivity index (χ1v) is 18.2. The van der Waals surface area contributed by atoms with Gasteiger partial charge in [-0.1, -0.05) is 40.8 Å². The molecule has 4 bridgehead atoms. The van der Waals surface area contributed by atoms with E-state index < -0.39 is 5.97 Å². The Labute approximate surface area is 288 Å². The number of carbonyl (C=O) groups is 2. The molecule has 10 rings (SSSR count). The Bertz CT molecular complexity index is 2050. The molecule has 4 aliphatic carbocycles. The molecule has 1 N–H and O–H groups in total. The highest BCUT2D eigenvalue weighted by atomic mass is 32.1. The summed E-state index contributed by atoms with van der Waals surface area (Å²) in [5.74, 6) is 2.53. The Kier molecular flexibility index (Phi) is 7.30. The van der Waals surface area contributed by atoms with Gasteiger partial charge in [0.25, 0.3) is 5.91 Å². The van der Waals surface area contributed by atoms with E-state index in [4.69, 9.17) is 9.72 Å². The number of amides is 1. The van der Waals surface area contributed by atoms with E-state index in [1.54, 1.807) is 0 Å². The van der Waals surface area contributed by atoms with Gasteiger partial charge in [0, 0.05) is 30.8 Å². The number of esters is 1. The quantitative estimate of drug-likeness (QED) is 0.182. The number of rotatable bonds is 7. The average molecular weight is 674 g/mol. The monoisotopic (exact) mass is 673 g/mol. The SMILES string of the molecule is COC(=O)c1nc(N2CCc3cccc(C(=O)Nc4nc5ccccc5s4)c3C2)ccc1-c1nnn(CC23CC4CC(CC(C4)C2)C3)c1C. The number of thiazole rings is 1. The molecule has 250 valence electrons. The van der Waals surface area contributed by atoms with Crippen LogP contribution in [-0.4, -0.2) is 50.5 Å². The number of hydrogen-bond donors (Lipinski definition) is 1. The molecule has 0 saturated heterocycles. The molecule has 0 radical (unpaired) electrons. The molecule has 0 spiro atoms. The van der Waals surface area contributed by atoms with Gasteiger partial charge in [0.2, 0.25) is 0 Å². The molecule has 4 saturated carbocycles. The van der Waals surface area contributed by atoms with Crippen molar-refractivity contribution in [3.63, 3.8) is 0 Å². The molecule has 10 nitrogen and oxygen atoms in total. The van der Waals surface area contributed by atoms with Crippen LogP contribution in [0.2, 0.25) is 0 Å². The fourth-order valence-electron chi connectivity index (χ4n) is 9.71. The summed E-state index contributed by atoms with van der Waals surface area (Å²) in [6, 6.07) is 17.6. The molecule has 1 aliphatic heterocycles. The second-order valence-electron chi connectivity index (χ2n) is 14.7. The van der Waals surface area contributed by atoms with Crippen molar-refractivity contribution in [2.75, 3.05) is 23.9 Å². The Hall–Kier alpha value is -4.64. The highest BCUT2D eigenvalue weighted by molar-refractivity contribution is 7.22. The van der Waals surface area contributed by atoms with Gasteiger partial charge in [0.15, 0.2) is 10.8 Å². The molecule has 3 aromatic heterocycles. The van der Waals surface area contributed by atoms with Gasteiger partial charge < -0.3 is 9.64 Å². The van der Waals surface area contributed by atoms with Crippen molar-refractivity contribution in [1.82, 2.24) is 25.0 Å². The topological polar surface area (TPSA) is 115 Å². The number of nitrogens with one attached hydrogen (secondary N) is 1. The van der Waals surface area contributed by atoms with E-state index >= 15 is 0 Å². The number of carbonyl (C=O) groups excluding carboxylic acids is 2. The van der Waals surface area contributed by atoms with Crippen molar-refractivity contribution >= 4 is 44.4 Å². The maximum Gasteiger partial charge on any atom is 0.357 e. The second kappa shape index (κ2) is 11.8. The average Bonchev–Trinajstić information content (AvgIpc) is 3.68. The molecule has 49 heavy (non-hydrogen) atoms. The number of fused-ring (bicyclic) bond motifs is 2. The third-order valence-electron chi connectivity index (χ3n) is 11.5. The Morgan fingerprint density at radius 1 is 0.980 bits per heavy atom. The normalized spacial score (nSPS) is 23.9. The van der Waals surface area contributed by atoms with E-state index in [0.717, 1.165) is 57.8 Å². The summed E-state index contributed by atoms with van der Waals surface area (Å²) >= 11 is 1.46. The largest absolute Gasteiger partial charge is 0.464 e. The third-order valence-corrected chi connectivity index (χ3v) is 12.5. The number of methoxy groups -OCH3 is 1. The molecular weight excluding hydrogens is 635 g/mol. The summed E-state index contributed by atoms with van der Waals surface area (Å²) in [5.41, 5.74) is 6.32. The first-order chi connectivity index (χ1) is 23.8. The van der Waals surface area contributed by atoms with Crippen molar-refractivity contribution in [2.45, 2.75) is 65.0 Å². The van der Waals surface area contributed by atoms with Crippen LogP contribution in [0.25, 0.3) is 21.5 Å². The number of hydrogen-bond acceptors (Lipinski definition) is 9. The van der Waals surface area contributed by atoms with Gasteiger partial charge in [-0.15, -0.1) is 5.10 Å². The van der Waals surface area contributed by atoms with Crippen molar-refractivity contribution in [3.05, 3.63) is 82.7 Å². The lowest BCUT2D eigenvalue weighted by Crippen LogP contribution is -2.48. The van der Waals surface area contributed by atoms with Crippen LogP contribution >= 0.6 is 11.3 Å². The lowest BCUT2D eigenvalue weighted by atomic mass is 9.49. The number of pyridine rings is 1. The highest BCUT2D eigenvalue weighted by Gasteiger charge is 2.51. The van der Waals surface area contributed by atoms with Gasteiger partial charge >= 0.3 is 5.97 Å². The lowest BCUT2D eigenvalue weighted by molar-refractivity contribution is -0.0640. The Balaban J connectivity index is 0.981. The van der Waals surface area contributed by atoms with E-state index in [-0.39, 0.29) is 11.6 Å². The van der Waals surface area contributed by atoms with E-state index in [2.05, 4.69) is 36.3 Å². The van der Waals surface area contributed by atoms with Crippen LogP contribution in [0.3, 0.4) is 0 Å². The summed E-state index contributed by atoms with van der Waals surface area (Å²) < 4.78 is 8.32. The molecule has 1 amide bonds. The summed E-state index contributed by atoms with van der Waals surface area (Å²) in [4.78, 5) is 38.4. The van der Waals surface area contributed by atoms with Crippen LogP contribution in [0, 0.1) is 30.1 Å². The van der Waals surface area contributed by atoms with Gasteiger partial charge in [-0.05, 0) is 116 Å². The lowest BCUT2D eigenvalue weighted by Gasteiger charge is -2.56. The minimum atomic E-state index is -0.514. The minimum Gasteiger partial charge on any atom is -0.464 e. The molecule has 2 aromatic carbocycles. The van der Waals surface area contributed by atoms with Gasteiger partial charge in [0.1, 0.15) is 11.5 Å². The first-order valence-electron chi connectivity index (χ1n) is 17.4. The minimum absolute atomic E-state index is 0.191. The number of nitrogens with zero attached hydrogens (tertiary/aromatic N) is 6. The van der Waals surface area contributed by atoms with Gasteiger partial charge in [0.05, 0.1) is 23.0 Å². The fourth-order valence-corrected chi connectivity index (χ4v) is 10.6. The Morgan fingerprint density at radius 3 is 2.51 bits per heavy atom. The second-order valence-corrected chi connectivity index (χ2v) is 15.7. The molecule has 4 fully saturated rings. The van der Waals surface area contributed by atoms with E-state index in [1.165, 1.54) is 57.0 Å². The first kappa shape index (κ1) is 30.4. The molecule has 4 heterocycles. The van der Waals surface area contributed by atoms with Gasteiger partial charge in [-0.25, -0.2) is 19.4 Å². The van der Waals surface area contributed by atoms with Crippen molar-refractivity contribution in [3.8, 4) is 11.3 Å². The van der Waals surface area contributed by atoms with Crippen molar-refractivity contribution in [2.24, 2.45) is 23.2 Å². The molecule has 5 aliphatic rings. The standard InChI is InChI=1S/C38H39N7O3S/c1-22-33(42-43-45(22)21-38-17-23-14-24(18-38)16-25(15-23)19-38)28-10-11-32(40-34(28)36(47)48-2)44-13-12-26-6-5-7-27(29(26)20-44)35(46)41-37-39-30-8-3-4-9-31(30)49-37/h3-11,23-25H,12-21H2,1-2H3,(H,39,41,46). The number of ether oxygens (including phenoxy) is 1.